The van der Waals surface area contributed by atoms with Gasteiger partial charge < -0.3 is 9.47 Å². The van der Waals surface area contributed by atoms with E-state index >= 15 is 0 Å². The van der Waals surface area contributed by atoms with Gasteiger partial charge in [-0.05, 0) is 62.7 Å². The second-order valence-corrected chi connectivity index (χ2v) is 12.3. The first-order valence-electron chi connectivity index (χ1n) is 11.6. The first-order valence-corrected chi connectivity index (χ1v) is 12.9. The van der Waals surface area contributed by atoms with Crippen molar-refractivity contribution in [2.75, 3.05) is 0 Å². The molecule has 0 bridgehead atoms. The van der Waals surface area contributed by atoms with Crippen LogP contribution in [0.1, 0.15) is 53.4 Å². The number of hydrogen-bond acceptors (Lipinski definition) is 6. The fourth-order valence-corrected chi connectivity index (χ4v) is 7.69. The Morgan fingerprint density at radius 2 is 1.85 bits per heavy atom. The SMILES string of the molecule is CC(C)OC(=O)[C@@]1(OC(=O)C(Cl)Cl)CC[C@H]2[C@@H]3C[C@H](Cl)C4=CC(=O)C=C[C@]4(C)[C@H]3C(=O)C[C@@]21C. The lowest BCUT2D eigenvalue weighted by Gasteiger charge is -2.57. The van der Waals surface area contributed by atoms with Gasteiger partial charge in [0.2, 0.25) is 10.4 Å². The van der Waals surface area contributed by atoms with E-state index in [-0.39, 0.29) is 36.2 Å². The molecule has 186 valence electrons. The van der Waals surface area contributed by atoms with Crippen LogP contribution in [-0.4, -0.2) is 45.4 Å². The molecule has 9 heteroatoms. The standard InChI is InChI=1S/C25H29Cl3O6/c1-12(2)33-22(32)25(34-21(31)20(27)28)8-6-15-14-10-17(26)16-9-13(29)5-7-23(16,3)19(14)18(30)11-24(15,25)4/h5,7,9,12,14-15,17,19-20H,6,8,10-11H2,1-4H3/t14-,15-,17-,19+,23-,24-,25-/m0/s1. The number of carbonyl (C=O) groups is 4. The van der Waals surface area contributed by atoms with E-state index in [0.29, 0.717) is 12.8 Å². The van der Waals surface area contributed by atoms with Gasteiger partial charge in [0.15, 0.2) is 5.78 Å². The van der Waals surface area contributed by atoms with Crippen molar-refractivity contribution in [1.82, 2.24) is 0 Å². The van der Waals surface area contributed by atoms with Crippen LogP contribution in [0.15, 0.2) is 23.8 Å². The average molecular weight is 532 g/mol. The molecule has 4 aliphatic rings. The lowest BCUT2D eigenvalue weighted by molar-refractivity contribution is -0.206. The molecule has 3 saturated carbocycles. The Hall–Kier alpha value is -1.37. The summed E-state index contributed by atoms with van der Waals surface area (Å²) in [6.45, 7) is 7.19. The number of Topliss-reactive ketones (excluding diaryl/α,β-unsaturated/α-hetero) is 1. The zero-order chi connectivity index (χ0) is 25.2. The number of halogens is 3. The molecular weight excluding hydrogens is 503 g/mol. The second kappa shape index (κ2) is 8.63. The van der Waals surface area contributed by atoms with Gasteiger partial charge in [-0.2, -0.15) is 0 Å². The minimum atomic E-state index is -1.68. The van der Waals surface area contributed by atoms with Crippen LogP contribution in [0.5, 0.6) is 0 Å². The zero-order valence-electron chi connectivity index (χ0n) is 19.6. The van der Waals surface area contributed by atoms with Gasteiger partial charge in [-0.25, -0.2) is 9.59 Å². The van der Waals surface area contributed by atoms with Gasteiger partial charge in [-0.3, -0.25) is 9.59 Å². The van der Waals surface area contributed by atoms with Crippen LogP contribution < -0.4 is 0 Å². The minimum Gasteiger partial charge on any atom is -0.460 e. The molecule has 0 aliphatic heterocycles. The van der Waals surface area contributed by atoms with Gasteiger partial charge in [-0.15, -0.1) is 11.6 Å². The van der Waals surface area contributed by atoms with Gasteiger partial charge in [0.25, 0.3) is 0 Å². The predicted molar refractivity (Wildman–Crippen MR) is 128 cm³/mol. The summed E-state index contributed by atoms with van der Waals surface area (Å²) in [6.07, 6.45) is 5.65. The molecule has 34 heavy (non-hydrogen) atoms. The summed E-state index contributed by atoms with van der Waals surface area (Å²) in [7, 11) is 0. The van der Waals surface area contributed by atoms with E-state index < -0.39 is 50.6 Å². The van der Waals surface area contributed by atoms with E-state index in [1.54, 1.807) is 26.0 Å². The van der Waals surface area contributed by atoms with Gasteiger partial charge in [-0.1, -0.05) is 43.1 Å². The first-order chi connectivity index (χ1) is 15.8. The van der Waals surface area contributed by atoms with E-state index in [9.17, 15) is 19.2 Å². The van der Waals surface area contributed by atoms with Crippen LogP contribution in [0.3, 0.4) is 0 Å². The number of esters is 2. The highest BCUT2D eigenvalue weighted by molar-refractivity contribution is 6.53. The monoisotopic (exact) mass is 530 g/mol. The Bertz CT molecular complexity index is 1000. The third-order valence-corrected chi connectivity index (χ3v) is 9.25. The maximum Gasteiger partial charge on any atom is 0.351 e. The predicted octanol–water partition coefficient (Wildman–Crippen LogP) is 4.73. The lowest BCUT2D eigenvalue weighted by Crippen LogP contribution is -2.63. The highest BCUT2D eigenvalue weighted by Gasteiger charge is 2.72. The molecule has 7 atom stereocenters. The molecule has 0 aromatic heterocycles. The van der Waals surface area contributed by atoms with Crippen LogP contribution >= 0.6 is 34.8 Å². The number of carbonyl (C=O) groups excluding carboxylic acids is 4. The van der Waals surface area contributed by atoms with Crippen molar-refractivity contribution in [3.05, 3.63) is 23.8 Å². The third kappa shape index (κ3) is 3.67. The molecule has 3 fully saturated rings. The lowest BCUT2D eigenvalue weighted by atomic mass is 9.46. The van der Waals surface area contributed by atoms with Crippen LogP contribution in [0.2, 0.25) is 0 Å². The molecule has 0 aromatic carbocycles. The number of ether oxygens (including phenoxy) is 2. The number of fused-ring (bicyclic) bond motifs is 5. The van der Waals surface area contributed by atoms with E-state index in [2.05, 4.69) is 0 Å². The highest BCUT2D eigenvalue weighted by Crippen LogP contribution is 2.67. The second-order valence-electron chi connectivity index (χ2n) is 10.7. The fraction of sp³-hybridized carbons (Fsp3) is 0.680. The number of alkyl halides is 3. The van der Waals surface area contributed by atoms with Crippen LogP contribution in [0.4, 0.5) is 0 Å². The molecule has 0 N–H and O–H groups in total. The highest BCUT2D eigenvalue weighted by atomic mass is 35.5. The summed E-state index contributed by atoms with van der Waals surface area (Å²) in [5.41, 5.74) is -2.61. The number of hydrogen-bond donors (Lipinski definition) is 0. The van der Waals surface area contributed by atoms with E-state index in [1.807, 2.05) is 13.8 Å². The Kier molecular flexibility index (Phi) is 6.53. The molecule has 6 nitrogen and oxygen atoms in total. The van der Waals surface area contributed by atoms with Crippen molar-refractivity contribution in [2.45, 2.75) is 75.3 Å². The molecule has 0 saturated heterocycles. The molecule has 0 aromatic rings. The van der Waals surface area contributed by atoms with Gasteiger partial charge in [0.1, 0.15) is 5.78 Å². The Balaban J connectivity index is 1.79. The van der Waals surface area contributed by atoms with Gasteiger partial charge in [0.05, 0.1) is 11.5 Å². The molecule has 0 spiro atoms. The van der Waals surface area contributed by atoms with Crippen LogP contribution in [-0.2, 0) is 28.7 Å². The molecular formula is C25H29Cl3O6. The number of allylic oxidation sites excluding steroid dienone is 4. The van der Waals surface area contributed by atoms with Crippen molar-refractivity contribution >= 4 is 58.3 Å². The maximum absolute atomic E-state index is 13.8. The summed E-state index contributed by atoms with van der Waals surface area (Å²) in [5, 5.41) is -0.425. The van der Waals surface area contributed by atoms with Gasteiger partial charge in [0, 0.05) is 23.2 Å². The van der Waals surface area contributed by atoms with E-state index in [1.165, 1.54) is 6.08 Å². The van der Waals surface area contributed by atoms with Crippen LogP contribution in [0.25, 0.3) is 0 Å². The van der Waals surface area contributed by atoms with E-state index in [4.69, 9.17) is 44.3 Å². The first kappa shape index (κ1) is 25.7. The smallest absolute Gasteiger partial charge is 0.351 e. The number of rotatable bonds is 4. The minimum absolute atomic E-state index is 0.0200. The summed E-state index contributed by atoms with van der Waals surface area (Å²) < 4.78 is 11.3. The molecule has 0 heterocycles. The average Bonchev–Trinajstić information content (AvgIpc) is 3.01. The maximum atomic E-state index is 13.8. The zero-order valence-corrected chi connectivity index (χ0v) is 21.9. The summed E-state index contributed by atoms with van der Waals surface area (Å²) >= 11 is 18.4. The molecule has 0 unspecified atom stereocenters. The Morgan fingerprint density at radius 1 is 1.18 bits per heavy atom. The van der Waals surface area contributed by atoms with E-state index in [0.717, 1.165) is 5.57 Å². The quantitative estimate of drug-likeness (QED) is 0.385. The number of ketones is 2. The Morgan fingerprint density at radius 3 is 2.47 bits per heavy atom. The van der Waals surface area contributed by atoms with Crippen molar-refractivity contribution < 1.29 is 28.7 Å². The van der Waals surface area contributed by atoms with Crippen molar-refractivity contribution in [3.8, 4) is 0 Å². The van der Waals surface area contributed by atoms with Gasteiger partial charge >= 0.3 is 11.9 Å². The molecule has 0 amide bonds. The van der Waals surface area contributed by atoms with Crippen molar-refractivity contribution in [1.29, 1.82) is 0 Å². The summed E-state index contributed by atoms with van der Waals surface area (Å²) in [4.78, 5) is 50.4. The fourth-order valence-electron chi connectivity index (χ4n) is 7.10. The largest absolute Gasteiger partial charge is 0.460 e. The molecule has 0 radical (unpaired) electrons. The summed E-state index contributed by atoms with van der Waals surface area (Å²) in [5.74, 6) is -2.50. The molecule has 4 aliphatic carbocycles. The summed E-state index contributed by atoms with van der Waals surface area (Å²) in [6, 6.07) is 0. The Labute approximate surface area is 214 Å². The topological polar surface area (TPSA) is 86.7 Å². The van der Waals surface area contributed by atoms with Crippen molar-refractivity contribution in [3.63, 3.8) is 0 Å². The molecule has 4 rings (SSSR count). The third-order valence-electron chi connectivity index (χ3n) is 8.48. The normalized spacial score (nSPS) is 41.0. The van der Waals surface area contributed by atoms with Crippen LogP contribution in [0, 0.1) is 28.6 Å². The van der Waals surface area contributed by atoms with Crippen molar-refractivity contribution in [2.24, 2.45) is 28.6 Å².